The van der Waals surface area contributed by atoms with E-state index < -0.39 is 0 Å². The molecule has 0 spiro atoms. The molecule has 0 unspecified atom stereocenters. The van der Waals surface area contributed by atoms with Crippen molar-refractivity contribution in [2.75, 3.05) is 11.9 Å². The molecule has 1 aromatic heterocycles. The summed E-state index contributed by atoms with van der Waals surface area (Å²) in [4.78, 5) is 0. The number of ether oxygens (including phenoxy) is 1. The average Bonchev–Trinajstić information content (AvgIpc) is 3.01. The number of hydrogen-bond donors (Lipinski definition) is 1. The van der Waals surface area contributed by atoms with Gasteiger partial charge in [0.05, 0.1) is 17.8 Å². The molecule has 6 heteroatoms. The standard InChI is InChI=1S/C21H17Cl2N3O/c1-2-27-18-5-3-4-16(13-18)24-21-19-12-15(23)8-11-20(19)25-26(21)17-9-6-14(22)7-10-17/h3-13,24H,2H2,1H3. The van der Waals surface area contributed by atoms with E-state index in [1.165, 1.54) is 0 Å². The lowest BCUT2D eigenvalue weighted by molar-refractivity contribution is 0.340. The minimum atomic E-state index is 0.616. The van der Waals surface area contributed by atoms with Gasteiger partial charge in [0.25, 0.3) is 0 Å². The Balaban J connectivity index is 1.84. The number of rotatable bonds is 5. The molecule has 0 saturated heterocycles. The Morgan fingerprint density at radius 1 is 0.963 bits per heavy atom. The van der Waals surface area contributed by atoms with Gasteiger partial charge in [-0.15, -0.1) is 0 Å². The van der Waals surface area contributed by atoms with E-state index in [2.05, 4.69) is 5.32 Å². The average molecular weight is 398 g/mol. The molecule has 136 valence electrons. The number of nitrogens with one attached hydrogen (secondary N) is 1. The third-order valence-electron chi connectivity index (χ3n) is 4.11. The van der Waals surface area contributed by atoms with Gasteiger partial charge in [0.15, 0.2) is 0 Å². The summed E-state index contributed by atoms with van der Waals surface area (Å²) < 4.78 is 7.45. The Kier molecular flexibility index (Phi) is 4.92. The topological polar surface area (TPSA) is 39.1 Å². The molecule has 0 aliphatic rings. The van der Waals surface area contributed by atoms with Crippen LogP contribution in [0.2, 0.25) is 10.0 Å². The monoisotopic (exact) mass is 397 g/mol. The van der Waals surface area contributed by atoms with Crippen molar-refractivity contribution in [1.82, 2.24) is 9.78 Å². The Hall–Kier alpha value is -2.69. The molecular weight excluding hydrogens is 381 g/mol. The van der Waals surface area contributed by atoms with Crippen LogP contribution >= 0.6 is 23.2 Å². The first-order chi connectivity index (χ1) is 13.1. The van der Waals surface area contributed by atoms with Crippen LogP contribution in [0.4, 0.5) is 11.5 Å². The lowest BCUT2D eigenvalue weighted by Gasteiger charge is -2.12. The molecule has 4 rings (SSSR count). The van der Waals surface area contributed by atoms with Crippen LogP contribution in [-0.2, 0) is 0 Å². The smallest absolute Gasteiger partial charge is 0.142 e. The number of benzene rings is 3. The molecule has 0 radical (unpaired) electrons. The lowest BCUT2D eigenvalue weighted by Crippen LogP contribution is -2.03. The minimum Gasteiger partial charge on any atom is -0.494 e. The normalized spacial score (nSPS) is 10.9. The maximum Gasteiger partial charge on any atom is 0.142 e. The summed E-state index contributed by atoms with van der Waals surface area (Å²) in [7, 11) is 0. The van der Waals surface area contributed by atoms with Gasteiger partial charge in [-0.1, -0.05) is 29.3 Å². The minimum absolute atomic E-state index is 0.616. The van der Waals surface area contributed by atoms with Crippen LogP contribution in [0.15, 0.2) is 66.7 Å². The van der Waals surface area contributed by atoms with Gasteiger partial charge in [0.1, 0.15) is 11.6 Å². The highest BCUT2D eigenvalue weighted by Crippen LogP contribution is 2.32. The van der Waals surface area contributed by atoms with Crippen molar-refractivity contribution in [3.05, 3.63) is 76.8 Å². The van der Waals surface area contributed by atoms with E-state index in [1.54, 1.807) is 0 Å². The van der Waals surface area contributed by atoms with Crippen molar-refractivity contribution in [3.8, 4) is 11.4 Å². The van der Waals surface area contributed by atoms with Gasteiger partial charge in [-0.3, -0.25) is 0 Å². The number of hydrogen-bond acceptors (Lipinski definition) is 3. The summed E-state index contributed by atoms with van der Waals surface area (Å²) in [5.74, 6) is 1.63. The molecule has 4 aromatic rings. The second-order valence-electron chi connectivity index (χ2n) is 5.98. The quantitative estimate of drug-likeness (QED) is 0.419. The SMILES string of the molecule is CCOc1cccc(Nc2c3cc(Cl)ccc3nn2-c2ccc(Cl)cc2)c1. The van der Waals surface area contributed by atoms with Crippen molar-refractivity contribution in [1.29, 1.82) is 0 Å². The van der Waals surface area contributed by atoms with Crippen LogP contribution in [0.3, 0.4) is 0 Å². The highest BCUT2D eigenvalue weighted by atomic mass is 35.5. The van der Waals surface area contributed by atoms with Crippen LogP contribution in [-0.4, -0.2) is 16.4 Å². The fraction of sp³-hybridized carbons (Fsp3) is 0.0952. The predicted octanol–water partition coefficient (Wildman–Crippen LogP) is 6.47. The largest absolute Gasteiger partial charge is 0.494 e. The zero-order chi connectivity index (χ0) is 18.8. The van der Waals surface area contributed by atoms with Crippen molar-refractivity contribution >= 4 is 45.6 Å². The Bertz CT molecular complexity index is 1090. The van der Waals surface area contributed by atoms with Gasteiger partial charge in [-0.2, -0.15) is 5.10 Å². The molecule has 27 heavy (non-hydrogen) atoms. The van der Waals surface area contributed by atoms with E-state index in [-0.39, 0.29) is 0 Å². The highest BCUT2D eigenvalue weighted by Gasteiger charge is 2.14. The molecule has 0 aliphatic heterocycles. The van der Waals surface area contributed by atoms with E-state index in [0.717, 1.165) is 33.8 Å². The highest BCUT2D eigenvalue weighted by molar-refractivity contribution is 6.31. The van der Waals surface area contributed by atoms with Gasteiger partial charge >= 0.3 is 0 Å². The molecule has 0 amide bonds. The molecule has 0 bridgehead atoms. The maximum atomic E-state index is 6.23. The molecule has 4 nitrogen and oxygen atoms in total. The first-order valence-electron chi connectivity index (χ1n) is 8.58. The number of aromatic nitrogens is 2. The summed E-state index contributed by atoms with van der Waals surface area (Å²) in [5.41, 5.74) is 2.64. The zero-order valence-corrected chi connectivity index (χ0v) is 16.1. The van der Waals surface area contributed by atoms with Crippen LogP contribution in [0.5, 0.6) is 5.75 Å². The van der Waals surface area contributed by atoms with E-state index >= 15 is 0 Å². The van der Waals surface area contributed by atoms with Crippen LogP contribution in [0, 0.1) is 0 Å². The number of fused-ring (bicyclic) bond motifs is 1. The molecule has 0 saturated carbocycles. The molecule has 0 atom stereocenters. The van der Waals surface area contributed by atoms with Crippen molar-refractivity contribution in [2.45, 2.75) is 6.92 Å². The second kappa shape index (κ2) is 7.51. The molecule has 0 fully saturated rings. The molecule has 0 aliphatic carbocycles. The van der Waals surface area contributed by atoms with E-state index in [4.69, 9.17) is 33.0 Å². The van der Waals surface area contributed by atoms with Crippen molar-refractivity contribution < 1.29 is 4.74 Å². The number of nitrogens with zero attached hydrogens (tertiary/aromatic N) is 2. The summed E-state index contributed by atoms with van der Waals surface area (Å²) >= 11 is 12.3. The van der Waals surface area contributed by atoms with Crippen LogP contribution in [0.1, 0.15) is 6.92 Å². The second-order valence-corrected chi connectivity index (χ2v) is 6.86. The Labute approximate surface area is 167 Å². The lowest BCUT2D eigenvalue weighted by atomic mass is 10.2. The van der Waals surface area contributed by atoms with Crippen LogP contribution < -0.4 is 10.1 Å². The third kappa shape index (κ3) is 3.72. The first-order valence-corrected chi connectivity index (χ1v) is 9.34. The fourth-order valence-electron chi connectivity index (χ4n) is 2.91. The van der Waals surface area contributed by atoms with Gasteiger partial charge in [0.2, 0.25) is 0 Å². The third-order valence-corrected chi connectivity index (χ3v) is 4.60. The van der Waals surface area contributed by atoms with Gasteiger partial charge < -0.3 is 10.1 Å². The van der Waals surface area contributed by atoms with Gasteiger partial charge in [0, 0.05) is 27.2 Å². The molecule has 1 heterocycles. The summed E-state index contributed by atoms with van der Waals surface area (Å²) in [6, 6.07) is 21.0. The van der Waals surface area contributed by atoms with E-state index in [9.17, 15) is 0 Å². The predicted molar refractivity (Wildman–Crippen MR) is 112 cm³/mol. The molecule has 3 aromatic carbocycles. The zero-order valence-electron chi connectivity index (χ0n) is 14.6. The van der Waals surface area contributed by atoms with E-state index in [0.29, 0.717) is 16.7 Å². The summed E-state index contributed by atoms with van der Waals surface area (Å²) in [6.07, 6.45) is 0. The van der Waals surface area contributed by atoms with Crippen molar-refractivity contribution in [2.24, 2.45) is 0 Å². The number of anilines is 2. The summed E-state index contributed by atoms with van der Waals surface area (Å²) in [5, 5.41) is 10.5. The number of halogens is 2. The first kappa shape index (κ1) is 17.7. The Morgan fingerprint density at radius 3 is 2.52 bits per heavy atom. The summed E-state index contributed by atoms with van der Waals surface area (Å²) in [6.45, 7) is 2.58. The maximum absolute atomic E-state index is 6.23. The van der Waals surface area contributed by atoms with Gasteiger partial charge in [-0.05, 0) is 61.5 Å². The van der Waals surface area contributed by atoms with Crippen LogP contribution in [0.25, 0.3) is 16.6 Å². The fourth-order valence-corrected chi connectivity index (χ4v) is 3.21. The molecular formula is C21H17Cl2N3O. The van der Waals surface area contributed by atoms with E-state index in [1.807, 2.05) is 78.3 Å². The van der Waals surface area contributed by atoms with Gasteiger partial charge in [-0.25, -0.2) is 4.68 Å². The Morgan fingerprint density at radius 2 is 1.74 bits per heavy atom. The molecule has 1 N–H and O–H groups in total. The van der Waals surface area contributed by atoms with Crippen molar-refractivity contribution in [3.63, 3.8) is 0 Å².